The van der Waals surface area contributed by atoms with Crippen LogP contribution in [-0.4, -0.2) is 13.0 Å². The van der Waals surface area contributed by atoms with Crippen LogP contribution in [-0.2, 0) is 12.4 Å². The number of aliphatic imine (C=N–C) groups is 1. The highest BCUT2D eigenvalue weighted by Gasteiger charge is 2.34. The van der Waals surface area contributed by atoms with Gasteiger partial charge in [-0.2, -0.15) is 26.3 Å². The second kappa shape index (κ2) is 6.87. The van der Waals surface area contributed by atoms with E-state index in [1.54, 1.807) is 0 Å². The van der Waals surface area contributed by atoms with E-state index < -0.39 is 22.8 Å². The summed E-state index contributed by atoms with van der Waals surface area (Å²) in [6, 6.07) is 5.15. The zero-order chi connectivity index (χ0) is 19.0. The number of rotatable bonds is 2. The summed E-state index contributed by atoms with van der Waals surface area (Å²) in [6.07, 6.45) is -9.05. The number of nitrogens with two attached hydrogens (primary N) is 1. The number of hydrogen-bond acceptors (Lipinski definition) is 2. The summed E-state index contributed by atoms with van der Waals surface area (Å²) in [4.78, 5) is 4.14. The molecule has 0 aliphatic rings. The Bertz CT molecular complexity index is 797. The Labute approximate surface area is 150 Å². The third-order valence-corrected chi connectivity index (χ3v) is 4.94. The molecule has 2 N–H and O–H groups in total. The van der Waals surface area contributed by atoms with E-state index in [-0.39, 0.29) is 21.1 Å². The number of hydrogen-bond donors (Lipinski definition) is 1. The highest BCUT2D eigenvalue weighted by atomic mass is 79.9. The molecular formula is C14H10BrF6N3S. The Balaban J connectivity index is 2.33. The molecule has 0 spiro atoms. The van der Waals surface area contributed by atoms with Gasteiger partial charge in [0.05, 0.1) is 15.0 Å². The van der Waals surface area contributed by atoms with Gasteiger partial charge in [0, 0.05) is 12.7 Å². The van der Waals surface area contributed by atoms with E-state index in [1.165, 1.54) is 19.2 Å². The summed E-state index contributed by atoms with van der Waals surface area (Å²) in [5.74, 6) is -0.258. The minimum atomic E-state index is -4.53. The molecule has 0 saturated carbocycles. The highest BCUT2D eigenvalue weighted by molar-refractivity contribution is 9.11. The molecule has 1 aromatic carbocycles. The molecule has 0 bridgehead atoms. The number of alkyl halides is 6. The van der Waals surface area contributed by atoms with Crippen molar-refractivity contribution in [1.82, 2.24) is 0 Å². The first kappa shape index (κ1) is 19.6. The van der Waals surface area contributed by atoms with Gasteiger partial charge in [-0.1, -0.05) is 6.07 Å². The first-order valence-electron chi connectivity index (χ1n) is 6.51. The smallest absolute Gasteiger partial charge is 0.369 e. The van der Waals surface area contributed by atoms with Crippen molar-refractivity contribution in [1.29, 1.82) is 0 Å². The maximum Gasteiger partial charge on any atom is 0.425 e. The fourth-order valence-electron chi connectivity index (χ4n) is 1.80. The van der Waals surface area contributed by atoms with Crippen LogP contribution < -0.4 is 10.6 Å². The summed E-state index contributed by atoms with van der Waals surface area (Å²) >= 11 is 3.41. The van der Waals surface area contributed by atoms with E-state index in [4.69, 9.17) is 5.73 Å². The van der Waals surface area contributed by atoms with Crippen LogP contribution in [0.2, 0.25) is 0 Å². The molecule has 0 amide bonds. The van der Waals surface area contributed by atoms with Crippen LogP contribution in [0.5, 0.6) is 0 Å². The standard InChI is InChI=1S/C14H10BrF6N3S/c1-24(8-4-2-3-7(5-8)13(16,17)18)12(22)23-9-6-10(14(19,20)21)25-11(9)15/h2-6H,1H3,(H2,22,23). The molecule has 0 aliphatic heterocycles. The lowest BCUT2D eigenvalue weighted by Gasteiger charge is -2.19. The molecule has 11 heteroatoms. The van der Waals surface area contributed by atoms with Crippen molar-refractivity contribution in [2.24, 2.45) is 10.7 Å². The average Bonchev–Trinajstić information content (AvgIpc) is 2.87. The molecule has 0 saturated heterocycles. The third kappa shape index (κ3) is 4.66. The Morgan fingerprint density at radius 1 is 1.12 bits per heavy atom. The van der Waals surface area contributed by atoms with Crippen molar-refractivity contribution >= 4 is 44.6 Å². The summed E-state index contributed by atoms with van der Waals surface area (Å²) in [7, 11) is 1.36. The lowest BCUT2D eigenvalue weighted by molar-refractivity contribution is -0.137. The minimum absolute atomic E-state index is 0.0614. The van der Waals surface area contributed by atoms with E-state index in [1.807, 2.05) is 0 Å². The SMILES string of the molecule is CN(C(N)=Nc1cc(C(F)(F)F)sc1Br)c1cccc(C(F)(F)F)c1. The first-order chi connectivity index (χ1) is 11.4. The molecule has 2 aromatic rings. The summed E-state index contributed by atoms with van der Waals surface area (Å²) in [5, 5.41) is 0. The second-order valence-corrected chi connectivity index (χ2v) is 7.21. The lowest BCUT2D eigenvalue weighted by atomic mass is 10.2. The monoisotopic (exact) mass is 445 g/mol. The number of nitrogens with zero attached hydrogens (tertiary/aromatic N) is 2. The van der Waals surface area contributed by atoms with Crippen LogP contribution in [0.1, 0.15) is 10.4 Å². The van der Waals surface area contributed by atoms with Gasteiger partial charge in [0.15, 0.2) is 0 Å². The van der Waals surface area contributed by atoms with Gasteiger partial charge in [-0.15, -0.1) is 11.3 Å². The molecule has 0 fully saturated rings. The number of guanidine groups is 1. The molecule has 2 rings (SSSR count). The number of anilines is 1. The summed E-state index contributed by atoms with van der Waals surface area (Å²) in [5.41, 5.74) is 4.88. The van der Waals surface area contributed by atoms with Crippen LogP contribution in [0.4, 0.5) is 37.7 Å². The highest BCUT2D eigenvalue weighted by Crippen LogP contribution is 2.42. The van der Waals surface area contributed by atoms with Gasteiger partial charge < -0.3 is 10.6 Å². The number of halogens is 7. The van der Waals surface area contributed by atoms with E-state index in [2.05, 4.69) is 20.9 Å². The molecular weight excluding hydrogens is 436 g/mol. The van der Waals surface area contributed by atoms with Crippen molar-refractivity contribution in [2.75, 3.05) is 11.9 Å². The molecule has 0 atom stereocenters. The second-order valence-electron chi connectivity index (χ2n) is 4.84. The first-order valence-corrected chi connectivity index (χ1v) is 8.12. The summed E-state index contributed by atoms with van der Waals surface area (Å²) < 4.78 is 76.5. The van der Waals surface area contributed by atoms with Crippen LogP contribution in [0.3, 0.4) is 0 Å². The number of benzene rings is 1. The number of thiophene rings is 1. The molecule has 1 heterocycles. The maximum atomic E-state index is 12.8. The third-order valence-electron chi connectivity index (χ3n) is 3.09. The zero-order valence-corrected chi connectivity index (χ0v) is 14.8. The molecule has 0 radical (unpaired) electrons. The quantitative estimate of drug-likeness (QED) is 0.369. The Morgan fingerprint density at radius 3 is 2.28 bits per heavy atom. The van der Waals surface area contributed by atoms with Crippen LogP contribution in [0.15, 0.2) is 39.1 Å². The van der Waals surface area contributed by atoms with Gasteiger partial charge in [-0.05, 0) is 40.2 Å². The fourth-order valence-corrected chi connectivity index (χ4v) is 3.21. The summed E-state index contributed by atoms with van der Waals surface area (Å²) in [6.45, 7) is 0. The van der Waals surface area contributed by atoms with Crippen LogP contribution >= 0.6 is 27.3 Å². The minimum Gasteiger partial charge on any atom is -0.369 e. The fraction of sp³-hybridized carbons (Fsp3) is 0.214. The Hall–Kier alpha value is -1.75. The van der Waals surface area contributed by atoms with Gasteiger partial charge >= 0.3 is 12.4 Å². The van der Waals surface area contributed by atoms with Crippen molar-refractivity contribution < 1.29 is 26.3 Å². The maximum absolute atomic E-state index is 12.8. The van der Waals surface area contributed by atoms with Crippen molar-refractivity contribution in [3.63, 3.8) is 0 Å². The Morgan fingerprint density at radius 2 is 1.76 bits per heavy atom. The normalized spacial score (nSPS) is 13.2. The predicted octanol–water partition coefficient (Wildman–Crippen LogP) is 5.63. The predicted molar refractivity (Wildman–Crippen MR) is 88.2 cm³/mol. The van der Waals surface area contributed by atoms with Crippen LogP contribution in [0.25, 0.3) is 0 Å². The van der Waals surface area contributed by atoms with Gasteiger partial charge in [0.1, 0.15) is 4.88 Å². The van der Waals surface area contributed by atoms with Crippen molar-refractivity contribution in [2.45, 2.75) is 12.4 Å². The van der Waals surface area contributed by atoms with E-state index in [0.29, 0.717) is 11.3 Å². The largest absolute Gasteiger partial charge is 0.425 e. The van der Waals surface area contributed by atoms with Crippen LogP contribution in [0, 0.1) is 0 Å². The van der Waals surface area contributed by atoms with E-state index >= 15 is 0 Å². The molecule has 136 valence electrons. The zero-order valence-electron chi connectivity index (χ0n) is 12.4. The van der Waals surface area contributed by atoms with Gasteiger partial charge in [-0.3, -0.25) is 0 Å². The molecule has 1 aromatic heterocycles. The molecule has 0 unspecified atom stereocenters. The van der Waals surface area contributed by atoms with Crippen molar-refractivity contribution in [3.05, 3.63) is 44.6 Å². The van der Waals surface area contributed by atoms with E-state index in [9.17, 15) is 26.3 Å². The molecule has 25 heavy (non-hydrogen) atoms. The Kier molecular flexibility index (Phi) is 5.38. The van der Waals surface area contributed by atoms with Gasteiger partial charge in [-0.25, -0.2) is 4.99 Å². The topological polar surface area (TPSA) is 41.6 Å². The van der Waals surface area contributed by atoms with E-state index in [0.717, 1.165) is 23.1 Å². The average molecular weight is 446 g/mol. The lowest BCUT2D eigenvalue weighted by Crippen LogP contribution is -2.33. The van der Waals surface area contributed by atoms with Crippen molar-refractivity contribution in [3.8, 4) is 0 Å². The molecule has 3 nitrogen and oxygen atoms in total. The van der Waals surface area contributed by atoms with Gasteiger partial charge in [0.25, 0.3) is 0 Å². The molecule has 0 aliphatic carbocycles. The van der Waals surface area contributed by atoms with Gasteiger partial charge in [0.2, 0.25) is 5.96 Å².